The van der Waals surface area contributed by atoms with E-state index in [1.54, 1.807) is 6.92 Å². The fourth-order valence-electron chi connectivity index (χ4n) is 0.868. The molecule has 0 bridgehead atoms. The molecule has 0 fully saturated rings. The molecule has 72 valence electrons. The smallest absolute Gasteiger partial charge is 0.323 e. The van der Waals surface area contributed by atoms with Gasteiger partial charge in [0, 0.05) is 0 Å². The van der Waals surface area contributed by atoms with Crippen LogP contribution in [0.4, 0.5) is 0 Å². The second kappa shape index (κ2) is 5.14. The standard InChI is InChI=1S/C9H19NO2/c1-5-12-9(11)8(10)7(4)6(2)3/h6-8H,5,10H2,1-4H3. The first kappa shape index (κ1) is 11.4. The van der Waals surface area contributed by atoms with Crippen LogP contribution in [0.25, 0.3) is 0 Å². The highest BCUT2D eigenvalue weighted by Crippen LogP contribution is 2.13. The van der Waals surface area contributed by atoms with Crippen molar-refractivity contribution in [3.63, 3.8) is 0 Å². The first-order valence-electron chi connectivity index (χ1n) is 4.42. The maximum Gasteiger partial charge on any atom is 0.323 e. The molecule has 0 aromatic rings. The summed E-state index contributed by atoms with van der Waals surface area (Å²) < 4.78 is 4.81. The van der Waals surface area contributed by atoms with Gasteiger partial charge in [-0.3, -0.25) is 4.79 Å². The second-order valence-electron chi connectivity index (χ2n) is 3.38. The summed E-state index contributed by atoms with van der Waals surface area (Å²) in [7, 11) is 0. The number of carbonyl (C=O) groups is 1. The third kappa shape index (κ3) is 3.22. The molecule has 0 aliphatic carbocycles. The first-order chi connectivity index (χ1) is 5.50. The van der Waals surface area contributed by atoms with E-state index in [-0.39, 0.29) is 11.9 Å². The molecule has 0 aromatic heterocycles. The van der Waals surface area contributed by atoms with E-state index >= 15 is 0 Å². The molecule has 0 saturated heterocycles. The Hall–Kier alpha value is -0.570. The average Bonchev–Trinajstić information content (AvgIpc) is 2.02. The molecule has 12 heavy (non-hydrogen) atoms. The molecule has 0 aliphatic rings. The van der Waals surface area contributed by atoms with Crippen molar-refractivity contribution >= 4 is 5.97 Å². The fraction of sp³-hybridized carbons (Fsp3) is 0.889. The molecular weight excluding hydrogens is 154 g/mol. The van der Waals surface area contributed by atoms with Gasteiger partial charge in [0.2, 0.25) is 0 Å². The summed E-state index contributed by atoms with van der Waals surface area (Å²) in [4.78, 5) is 11.1. The third-order valence-electron chi connectivity index (χ3n) is 2.18. The molecule has 0 radical (unpaired) electrons. The molecule has 0 aliphatic heterocycles. The molecule has 2 N–H and O–H groups in total. The average molecular weight is 173 g/mol. The predicted octanol–water partition coefficient (Wildman–Crippen LogP) is 1.17. The van der Waals surface area contributed by atoms with Crippen molar-refractivity contribution in [2.45, 2.75) is 33.7 Å². The number of rotatable bonds is 4. The molecule has 0 amide bonds. The second-order valence-corrected chi connectivity index (χ2v) is 3.38. The summed E-state index contributed by atoms with van der Waals surface area (Å²) in [6.07, 6.45) is 0. The van der Waals surface area contributed by atoms with Crippen molar-refractivity contribution in [1.29, 1.82) is 0 Å². The number of esters is 1. The molecule has 0 aromatic carbocycles. The minimum absolute atomic E-state index is 0.170. The van der Waals surface area contributed by atoms with Crippen LogP contribution in [0.3, 0.4) is 0 Å². The van der Waals surface area contributed by atoms with Crippen molar-refractivity contribution in [2.24, 2.45) is 17.6 Å². The van der Waals surface area contributed by atoms with E-state index in [0.717, 1.165) is 0 Å². The Morgan fingerprint density at radius 3 is 2.25 bits per heavy atom. The van der Waals surface area contributed by atoms with Crippen molar-refractivity contribution in [3.05, 3.63) is 0 Å². The largest absolute Gasteiger partial charge is 0.465 e. The predicted molar refractivity (Wildman–Crippen MR) is 48.6 cm³/mol. The van der Waals surface area contributed by atoms with Gasteiger partial charge in [0.15, 0.2) is 0 Å². The van der Waals surface area contributed by atoms with E-state index < -0.39 is 6.04 Å². The highest BCUT2D eigenvalue weighted by molar-refractivity contribution is 5.75. The van der Waals surface area contributed by atoms with Gasteiger partial charge in [-0.25, -0.2) is 0 Å². The van der Waals surface area contributed by atoms with E-state index in [1.807, 2.05) is 20.8 Å². The molecule has 3 nitrogen and oxygen atoms in total. The van der Waals surface area contributed by atoms with Crippen LogP contribution in [-0.2, 0) is 9.53 Å². The van der Waals surface area contributed by atoms with Crippen molar-refractivity contribution in [1.82, 2.24) is 0 Å². The summed E-state index contributed by atoms with van der Waals surface area (Å²) in [5.41, 5.74) is 5.67. The zero-order valence-electron chi connectivity index (χ0n) is 8.33. The minimum atomic E-state index is -0.482. The van der Waals surface area contributed by atoms with Crippen LogP contribution in [0.5, 0.6) is 0 Å². The summed E-state index contributed by atoms with van der Waals surface area (Å²) in [5.74, 6) is 0.284. The van der Waals surface area contributed by atoms with Gasteiger partial charge in [0.25, 0.3) is 0 Å². The molecular formula is C9H19NO2. The molecule has 0 rings (SSSR count). The number of hydrogen-bond acceptors (Lipinski definition) is 3. The van der Waals surface area contributed by atoms with Crippen LogP contribution in [0, 0.1) is 11.8 Å². The Kier molecular flexibility index (Phi) is 4.90. The lowest BCUT2D eigenvalue weighted by Gasteiger charge is -2.21. The molecule has 0 saturated carbocycles. The lowest BCUT2D eigenvalue weighted by Crippen LogP contribution is -2.40. The summed E-state index contributed by atoms with van der Waals surface area (Å²) in [6, 6.07) is -0.482. The van der Waals surface area contributed by atoms with Crippen LogP contribution in [0.15, 0.2) is 0 Å². The van der Waals surface area contributed by atoms with E-state index in [2.05, 4.69) is 0 Å². The maximum absolute atomic E-state index is 11.1. The lowest BCUT2D eigenvalue weighted by atomic mass is 9.91. The van der Waals surface area contributed by atoms with Crippen molar-refractivity contribution < 1.29 is 9.53 Å². The van der Waals surface area contributed by atoms with E-state index in [0.29, 0.717) is 12.5 Å². The highest BCUT2D eigenvalue weighted by Gasteiger charge is 2.23. The number of ether oxygens (including phenoxy) is 1. The summed E-state index contributed by atoms with van der Waals surface area (Å²) in [5, 5.41) is 0. The number of carbonyl (C=O) groups excluding carboxylic acids is 1. The van der Waals surface area contributed by atoms with Gasteiger partial charge in [-0.2, -0.15) is 0 Å². The Bertz CT molecular complexity index is 145. The van der Waals surface area contributed by atoms with E-state index in [4.69, 9.17) is 10.5 Å². The fourth-order valence-corrected chi connectivity index (χ4v) is 0.868. The Morgan fingerprint density at radius 2 is 1.92 bits per heavy atom. The van der Waals surface area contributed by atoms with Gasteiger partial charge >= 0.3 is 5.97 Å². The van der Waals surface area contributed by atoms with Gasteiger partial charge in [-0.1, -0.05) is 20.8 Å². The molecule has 0 heterocycles. The number of nitrogens with two attached hydrogens (primary N) is 1. The number of hydrogen-bond donors (Lipinski definition) is 1. The quantitative estimate of drug-likeness (QED) is 0.649. The van der Waals surface area contributed by atoms with Crippen molar-refractivity contribution in [2.75, 3.05) is 6.61 Å². The van der Waals surface area contributed by atoms with Crippen LogP contribution in [-0.4, -0.2) is 18.6 Å². The lowest BCUT2D eigenvalue weighted by molar-refractivity contribution is -0.146. The third-order valence-corrected chi connectivity index (χ3v) is 2.18. The van der Waals surface area contributed by atoms with Gasteiger partial charge in [-0.15, -0.1) is 0 Å². The van der Waals surface area contributed by atoms with Crippen LogP contribution < -0.4 is 5.73 Å². The van der Waals surface area contributed by atoms with E-state index in [9.17, 15) is 4.79 Å². The summed E-state index contributed by atoms with van der Waals surface area (Å²) in [6.45, 7) is 8.24. The van der Waals surface area contributed by atoms with Gasteiger partial charge in [0.05, 0.1) is 6.61 Å². The Labute approximate surface area is 74.3 Å². The summed E-state index contributed by atoms with van der Waals surface area (Å²) >= 11 is 0. The molecule has 2 unspecified atom stereocenters. The van der Waals surface area contributed by atoms with Crippen LogP contribution >= 0.6 is 0 Å². The van der Waals surface area contributed by atoms with Gasteiger partial charge < -0.3 is 10.5 Å². The zero-order valence-corrected chi connectivity index (χ0v) is 8.33. The SMILES string of the molecule is CCOC(=O)C(N)C(C)C(C)C. The zero-order chi connectivity index (χ0) is 9.72. The minimum Gasteiger partial charge on any atom is -0.465 e. The molecule has 2 atom stereocenters. The maximum atomic E-state index is 11.1. The van der Waals surface area contributed by atoms with Crippen LogP contribution in [0.1, 0.15) is 27.7 Å². The topological polar surface area (TPSA) is 52.3 Å². The van der Waals surface area contributed by atoms with Crippen molar-refractivity contribution in [3.8, 4) is 0 Å². The highest BCUT2D eigenvalue weighted by atomic mass is 16.5. The molecule has 3 heteroatoms. The van der Waals surface area contributed by atoms with Crippen LogP contribution in [0.2, 0.25) is 0 Å². The molecule has 0 spiro atoms. The Morgan fingerprint density at radius 1 is 1.42 bits per heavy atom. The monoisotopic (exact) mass is 173 g/mol. The van der Waals surface area contributed by atoms with Gasteiger partial charge in [0.1, 0.15) is 6.04 Å². The van der Waals surface area contributed by atoms with E-state index in [1.165, 1.54) is 0 Å². The van der Waals surface area contributed by atoms with Gasteiger partial charge in [-0.05, 0) is 18.8 Å². The first-order valence-corrected chi connectivity index (χ1v) is 4.42. The Balaban J connectivity index is 4.00. The normalized spacial score (nSPS) is 15.8.